The van der Waals surface area contributed by atoms with Crippen LogP contribution in [0, 0.1) is 0 Å². The van der Waals surface area contributed by atoms with Gasteiger partial charge in [-0.2, -0.15) is 0 Å². The van der Waals surface area contributed by atoms with Crippen LogP contribution in [0.25, 0.3) is 0 Å². The highest BCUT2D eigenvalue weighted by Gasteiger charge is 2.17. The van der Waals surface area contributed by atoms with E-state index in [-0.39, 0.29) is 6.04 Å². The third-order valence-electron chi connectivity index (χ3n) is 3.66. The first kappa shape index (κ1) is 14.8. The summed E-state index contributed by atoms with van der Waals surface area (Å²) in [5.74, 6) is 1.01. The average molecular weight is 272 g/mol. The minimum atomic E-state index is 0.274. The van der Waals surface area contributed by atoms with Crippen molar-refractivity contribution in [2.75, 3.05) is 20.6 Å². The van der Waals surface area contributed by atoms with Crippen LogP contribution in [0.3, 0.4) is 0 Å². The molecule has 0 saturated heterocycles. The molecule has 20 heavy (non-hydrogen) atoms. The highest BCUT2D eigenvalue weighted by molar-refractivity contribution is 5.19. The van der Waals surface area contributed by atoms with Crippen LogP contribution in [0.2, 0.25) is 0 Å². The van der Waals surface area contributed by atoms with Crippen LogP contribution in [0.4, 0.5) is 0 Å². The summed E-state index contributed by atoms with van der Waals surface area (Å²) in [4.78, 5) is 2.25. The molecule has 108 valence electrons. The highest BCUT2D eigenvalue weighted by atomic mass is 16.3. The normalized spacial score (nSPS) is 14.4. The molecule has 1 heterocycles. The Balaban J connectivity index is 2.02. The molecular weight excluding hydrogens is 248 g/mol. The van der Waals surface area contributed by atoms with Crippen LogP contribution in [0.5, 0.6) is 0 Å². The lowest BCUT2D eigenvalue weighted by molar-refractivity contribution is 0.271. The van der Waals surface area contributed by atoms with Gasteiger partial charge in [0.05, 0.1) is 12.3 Å². The maximum absolute atomic E-state index is 5.51. The van der Waals surface area contributed by atoms with Crippen LogP contribution in [-0.4, -0.2) is 25.5 Å². The minimum absolute atomic E-state index is 0.274. The minimum Gasteiger partial charge on any atom is -0.468 e. The molecule has 3 heteroatoms. The Kier molecular flexibility index (Phi) is 5.39. The zero-order valence-electron chi connectivity index (χ0n) is 12.5. The maximum Gasteiger partial charge on any atom is 0.120 e. The number of rotatable bonds is 7. The van der Waals surface area contributed by atoms with Crippen molar-refractivity contribution >= 4 is 0 Å². The van der Waals surface area contributed by atoms with Crippen LogP contribution >= 0.6 is 0 Å². The standard InChI is InChI=1S/C17H24N2O/c1-4-15(17-11-8-12-20-17)18-13-16(19(2)3)14-9-6-5-7-10-14/h5-12,15-16,18H,4,13H2,1-3H3. The van der Waals surface area contributed by atoms with Gasteiger partial charge in [-0.1, -0.05) is 37.3 Å². The molecule has 2 aromatic rings. The molecule has 2 rings (SSSR count). The average Bonchev–Trinajstić information content (AvgIpc) is 2.98. The molecule has 0 aliphatic heterocycles. The monoisotopic (exact) mass is 272 g/mol. The van der Waals surface area contributed by atoms with Crippen LogP contribution in [0.1, 0.15) is 36.8 Å². The van der Waals surface area contributed by atoms with Gasteiger partial charge in [-0.3, -0.25) is 0 Å². The molecule has 0 radical (unpaired) electrons. The van der Waals surface area contributed by atoms with Gasteiger partial charge in [0.15, 0.2) is 0 Å². The molecule has 3 nitrogen and oxygen atoms in total. The number of furan rings is 1. The number of likely N-dealkylation sites (N-methyl/N-ethyl adjacent to an activating group) is 1. The summed E-state index contributed by atoms with van der Waals surface area (Å²) >= 11 is 0. The number of nitrogens with one attached hydrogen (secondary N) is 1. The van der Waals surface area contributed by atoms with Crippen molar-refractivity contribution in [2.45, 2.75) is 25.4 Å². The van der Waals surface area contributed by atoms with E-state index < -0.39 is 0 Å². The Bertz CT molecular complexity index is 479. The van der Waals surface area contributed by atoms with Crippen molar-refractivity contribution in [2.24, 2.45) is 0 Å². The second kappa shape index (κ2) is 7.27. The highest BCUT2D eigenvalue weighted by Crippen LogP contribution is 2.21. The second-order valence-electron chi connectivity index (χ2n) is 5.27. The van der Waals surface area contributed by atoms with E-state index in [0.717, 1.165) is 18.7 Å². The van der Waals surface area contributed by atoms with E-state index in [0.29, 0.717) is 6.04 Å². The van der Waals surface area contributed by atoms with E-state index >= 15 is 0 Å². The summed E-state index contributed by atoms with van der Waals surface area (Å²) < 4.78 is 5.51. The molecule has 2 atom stereocenters. The van der Waals surface area contributed by atoms with Gasteiger partial charge in [-0.15, -0.1) is 0 Å². The van der Waals surface area contributed by atoms with Gasteiger partial charge in [0.25, 0.3) is 0 Å². The lowest BCUT2D eigenvalue weighted by atomic mass is 10.0. The van der Waals surface area contributed by atoms with E-state index in [1.165, 1.54) is 5.56 Å². The van der Waals surface area contributed by atoms with Crippen LogP contribution < -0.4 is 5.32 Å². The predicted octanol–water partition coefficient (Wildman–Crippen LogP) is 3.62. The zero-order valence-corrected chi connectivity index (χ0v) is 12.5. The summed E-state index contributed by atoms with van der Waals surface area (Å²) in [6.07, 6.45) is 2.75. The molecule has 0 aliphatic carbocycles. The first-order valence-corrected chi connectivity index (χ1v) is 7.20. The van der Waals surface area contributed by atoms with Crippen molar-refractivity contribution in [3.05, 3.63) is 60.1 Å². The molecule has 2 unspecified atom stereocenters. The predicted molar refractivity (Wildman–Crippen MR) is 82.6 cm³/mol. The molecule has 1 aromatic heterocycles. The number of hydrogen-bond acceptors (Lipinski definition) is 3. The third-order valence-corrected chi connectivity index (χ3v) is 3.66. The van der Waals surface area contributed by atoms with Crippen molar-refractivity contribution in [1.82, 2.24) is 10.2 Å². The zero-order chi connectivity index (χ0) is 14.4. The molecular formula is C17H24N2O. The summed E-state index contributed by atoms with van der Waals surface area (Å²) in [5.41, 5.74) is 1.33. The van der Waals surface area contributed by atoms with Gasteiger partial charge >= 0.3 is 0 Å². The quantitative estimate of drug-likeness (QED) is 0.834. The molecule has 0 fully saturated rings. The third kappa shape index (κ3) is 3.71. The van der Waals surface area contributed by atoms with Crippen molar-refractivity contribution in [3.63, 3.8) is 0 Å². The fraction of sp³-hybridized carbons (Fsp3) is 0.412. The SMILES string of the molecule is CCC(NCC(c1ccccc1)N(C)C)c1ccco1. The van der Waals surface area contributed by atoms with Crippen molar-refractivity contribution in [1.29, 1.82) is 0 Å². The van der Waals surface area contributed by atoms with Crippen molar-refractivity contribution in [3.8, 4) is 0 Å². The number of nitrogens with zero attached hydrogens (tertiary/aromatic N) is 1. The van der Waals surface area contributed by atoms with Gasteiger partial charge in [0, 0.05) is 12.6 Å². The fourth-order valence-corrected chi connectivity index (χ4v) is 2.46. The molecule has 1 N–H and O–H groups in total. The van der Waals surface area contributed by atoms with E-state index in [1.807, 2.05) is 12.1 Å². The molecule has 1 aromatic carbocycles. The Hall–Kier alpha value is -1.58. The second-order valence-corrected chi connectivity index (χ2v) is 5.27. The first-order valence-electron chi connectivity index (χ1n) is 7.20. The van der Waals surface area contributed by atoms with Gasteiger partial charge in [-0.25, -0.2) is 0 Å². The summed E-state index contributed by atoms with van der Waals surface area (Å²) in [7, 11) is 4.24. The summed E-state index contributed by atoms with van der Waals surface area (Å²) in [6.45, 7) is 3.07. The van der Waals surface area contributed by atoms with Crippen LogP contribution in [-0.2, 0) is 0 Å². The maximum atomic E-state index is 5.51. The number of benzene rings is 1. The van der Waals surface area contributed by atoms with Crippen LogP contribution in [0.15, 0.2) is 53.1 Å². The van der Waals surface area contributed by atoms with E-state index in [2.05, 4.69) is 61.6 Å². The Morgan fingerprint density at radius 1 is 1.10 bits per heavy atom. The van der Waals surface area contributed by atoms with Crippen molar-refractivity contribution < 1.29 is 4.42 Å². The smallest absolute Gasteiger partial charge is 0.120 e. The molecule has 0 bridgehead atoms. The Labute approximate surface area is 121 Å². The van der Waals surface area contributed by atoms with Gasteiger partial charge in [0.2, 0.25) is 0 Å². The van der Waals surface area contributed by atoms with E-state index in [1.54, 1.807) is 6.26 Å². The van der Waals surface area contributed by atoms with Gasteiger partial charge in [-0.05, 0) is 38.2 Å². The van der Waals surface area contributed by atoms with E-state index in [9.17, 15) is 0 Å². The van der Waals surface area contributed by atoms with E-state index in [4.69, 9.17) is 4.42 Å². The molecule has 0 saturated carbocycles. The Morgan fingerprint density at radius 2 is 1.85 bits per heavy atom. The Morgan fingerprint density at radius 3 is 2.40 bits per heavy atom. The molecule has 0 spiro atoms. The lowest BCUT2D eigenvalue weighted by Crippen LogP contribution is -2.33. The number of hydrogen-bond donors (Lipinski definition) is 1. The summed E-state index contributed by atoms with van der Waals surface area (Å²) in [6, 6.07) is 15.2. The van der Waals surface area contributed by atoms with Gasteiger partial charge in [0.1, 0.15) is 5.76 Å². The summed E-state index contributed by atoms with van der Waals surface area (Å²) in [5, 5.41) is 3.62. The van der Waals surface area contributed by atoms with Gasteiger partial charge < -0.3 is 14.6 Å². The molecule has 0 aliphatic rings. The fourth-order valence-electron chi connectivity index (χ4n) is 2.46. The lowest BCUT2D eigenvalue weighted by Gasteiger charge is -2.27. The molecule has 0 amide bonds. The topological polar surface area (TPSA) is 28.4 Å². The first-order chi connectivity index (χ1) is 9.72. The largest absolute Gasteiger partial charge is 0.468 e.